The lowest BCUT2D eigenvalue weighted by atomic mass is 10.1. The molecule has 1 heterocycles. The van der Waals surface area contributed by atoms with Gasteiger partial charge in [0.2, 0.25) is 0 Å². The molecule has 2 rings (SSSR count). The fraction of sp³-hybridized carbons (Fsp3) is 0.200. The van der Waals surface area contributed by atoms with Gasteiger partial charge in [-0.1, -0.05) is 12.1 Å². The fourth-order valence-electron chi connectivity index (χ4n) is 1.29. The standard InChI is InChI=1S/C10H12N2O/c11-4-3-7-1-2-8(5-9(7)12)10-6-13-10/h1-5,10H,6,11-12H2/b4-3-. The van der Waals surface area contributed by atoms with Crippen molar-refractivity contribution >= 4 is 11.8 Å². The van der Waals surface area contributed by atoms with Crippen LogP contribution in [-0.2, 0) is 4.74 Å². The number of ether oxygens (including phenoxy) is 1. The topological polar surface area (TPSA) is 64.6 Å². The Kier molecular flexibility index (Phi) is 1.94. The molecule has 0 amide bonds. The van der Waals surface area contributed by atoms with E-state index in [1.54, 1.807) is 6.08 Å². The van der Waals surface area contributed by atoms with Gasteiger partial charge in [-0.2, -0.15) is 0 Å². The lowest BCUT2D eigenvalue weighted by Gasteiger charge is -2.02. The highest BCUT2D eigenvalue weighted by Gasteiger charge is 2.24. The molecule has 68 valence electrons. The van der Waals surface area contributed by atoms with Crippen LogP contribution in [-0.4, -0.2) is 6.61 Å². The Bertz CT molecular complexity index is 343. The van der Waals surface area contributed by atoms with E-state index in [-0.39, 0.29) is 6.10 Å². The predicted octanol–water partition coefficient (Wildman–Crippen LogP) is 1.27. The number of anilines is 1. The predicted molar refractivity (Wildman–Crippen MR) is 52.8 cm³/mol. The molecule has 13 heavy (non-hydrogen) atoms. The third-order valence-corrected chi connectivity index (χ3v) is 2.09. The zero-order valence-electron chi connectivity index (χ0n) is 7.23. The van der Waals surface area contributed by atoms with Crippen molar-refractivity contribution in [3.8, 4) is 0 Å². The van der Waals surface area contributed by atoms with Gasteiger partial charge in [0.05, 0.1) is 6.61 Å². The molecule has 3 nitrogen and oxygen atoms in total. The van der Waals surface area contributed by atoms with Crippen LogP contribution in [0.5, 0.6) is 0 Å². The van der Waals surface area contributed by atoms with E-state index in [0.29, 0.717) is 0 Å². The first kappa shape index (κ1) is 8.13. The molecule has 1 fully saturated rings. The van der Waals surface area contributed by atoms with Crippen molar-refractivity contribution in [1.82, 2.24) is 0 Å². The fourth-order valence-corrected chi connectivity index (χ4v) is 1.29. The van der Waals surface area contributed by atoms with Crippen molar-refractivity contribution in [2.75, 3.05) is 12.3 Å². The van der Waals surface area contributed by atoms with Crippen molar-refractivity contribution in [1.29, 1.82) is 0 Å². The molecule has 1 atom stereocenters. The summed E-state index contributed by atoms with van der Waals surface area (Å²) in [5.41, 5.74) is 13.9. The molecule has 1 saturated heterocycles. The van der Waals surface area contributed by atoms with E-state index in [1.165, 1.54) is 6.20 Å². The maximum absolute atomic E-state index is 5.81. The smallest absolute Gasteiger partial charge is 0.106 e. The van der Waals surface area contributed by atoms with Crippen LogP contribution in [0.25, 0.3) is 6.08 Å². The Balaban J connectivity index is 2.31. The Labute approximate surface area is 77.0 Å². The first-order valence-corrected chi connectivity index (χ1v) is 4.20. The first-order valence-electron chi connectivity index (χ1n) is 4.20. The summed E-state index contributed by atoms with van der Waals surface area (Å²) in [4.78, 5) is 0. The van der Waals surface area contributed by atoms with Crippen molar-refractivity contribution in [2.45, 2.75) is 6.10 Å². The van der Waals surface area contributed by atoms with Crippen molar-refractivity contribution in [3.63, 3.8) is 0 Å². The Hall–Kier alpha value is -1.48. The molecule has 0 bridgehead atoms. The molecular formula is C10H12N2O. The summed E-state index contributed by atoms with van der Waals surface area (Å²) in [6.07, 6.45) is 3.53. The highest BCUT2D eigenvalue weighted by atomic mass is 16.6. The summed E-state index contributed by atoms with van der Waals surface area (Å²) in [6, 6.07) is 5.91. The maximum atomic E-state index is 5.81. The Morgan fingerprint density at radius 3 is 2.77 bits per heavy atom. The lowest BCUT2D eigenvalue weighted by Crippen LogP contribution is -1.92. The largest absolute Gasteiger partial charge is 0.405 e. The molecule has 1 aliphatic heterocycles. The summed E-state index contributed by atoms with van der Waals surface area (Å²) < 4.78 is 5.15. The second-order valence-corrected chi connectivity index (χ2v) is 3.07. The van der Waals surface area contributed by atoms with Gasteiger partial charge < -0.3 is 16.2 Å². The molecule has 0 aliphatic carbocycles. The minimum atomic E-state index is 0.262. The molecule has 4 N–H and O–H groups in total. The molecule has 0 spiro atoms. The van der Waals surface area contributed by atoms with Crippen LogP contribution in [0, 0.1) is 0 Å². The number of epoxide rings is 1. The summed E-state index contributed by atoms with van der Waals surface area (Å²) in [6.45, 7) is 0.811. The molecule has 1 aliphatic rings. The highest BCUT2D eigenvalue weighted by Crippen LogP contribution is 2.31. The van der Waals surface area contributed by atoms with Crippen LogP contribution in [0.4, 0.5) is 5.69 Å². The summed E-state index contributed by atoms with van der Waals surface area (Å²) in [5, 5.41) is 0. The number of nitrogen functional groups attached to an aromatic ring is 1. The number of benzene rings is 1. The third kappa shape index (κ3) is 1.65. The van der Waals surface area contributed by atoms with Crippen molar-refractivity contribution < 1.29 is 4.74 Å². The quantitative estimate of drug-likeness (QED) is 0.526. The second kappa shape index (κ2) is 3.11. The van der Waals surface area contributed by atoms with Crippen molar-refractivity contribution in [2.24, 2.45) is 5.73 Å². The molecule has 0 aromatic heterocycles. The van der Waals surface area contributed by atoms with E-state index in [4.69, 9.17) is 16.2 Å². The molecule has 3 heteroatoms. The maximum Gasteiger partial charge on any atom is 0.106 e. The molecule has 1 unspecified atom stereocenters. The van der Waals surface area contributed by atoms with Gasteiger partial charge in [0.25, 0.3) is 0 Å². The van der Waals surface area contributed by atoms with Crippen LogP contribution >= 0.6 is 0 Å². The third-order valence-electron chi connectivity index (χ3n) is 2.09. The van der Waals surface area contributed by atoms with E-state index in [1.807, 2.05) is 18.2 Å². The minimum Gasteiger partial charge on any atom is -0.405 e. The second-order valence-electron chi connectivity index (χ2n) is 3.07. The molecule has 0 saturated carbocycles. The summed E-state index contributed by atoms with van der Waals surface area (Å²) in [7, 11) is 0. The van der Waals surface area contributed by atoms with Gasteiger partial charge in [-0.25, -0.2) is 0 Å². The van der Waals surface area contributed by atoms with Gasteiger partial charge in [-0.3, -0.25) is 0 Å². The van der Waals surface area contributed by atoms with E-state index >= 15 is 0 Å². The zero-order valence-corrected chi connectivity index (χ0v) is 7.23. The highest BCUT2D eigenvalue weighted by molar-refractivity contribution is 5.65. The lowest BCUT2D eigenvalue weighted by molar-refractivity contribution is 0.415. The SMILES string of the molecule is N/C=C\c1ccc(C2CO2)cc1N. The number of hydrogen-bond acceptors (Lipinski definition) is 3. The monoisotopic (exact) mass is 176 g/mol. The van der Waals surface area contributed by atoms with Crippen LogP contribution in [0.3, 0.4) is 0 Å². The Morgan fingerprint density at radius 2 is 2.23 bits per heavy atom. The number of rotatable bonds is 2. The van der Waals surface area contributed by atoms with Gasteiger partial charge in [-0.15, -0.1) is 0 Å². The van der Waals surface area contributed by atoms with Crippen molar-refractivity contribution in [3.05, 3.63) is 35.5 Å². The summed E-state index contributed by atoms with van der Waals surface area (Å²) in [5.74, 6) is 0. The van der Waals surface area contributed by atoms with E-state index < -0.39 is 0 Å². The van der Waals surface area contributed by atoms with Gasteiger partial charge in [-0.05, 0) is 29.5 Å². The van der Waals surface area contributed by atoms with Gasteiger partial charge >= 0.3 is 0 Å². The van der Waals surface area contributed by atoms with E-state index in [9.17, 15) is 0 Å². The number of nitrogens with two attached hydrogens (primary N) is 2. The number of hydrogen-bond donors (Lipinski definition) is 2. The minimum absolute atomic E-state index is 0.262. The van der Waals surface area contributed by atoms with Crippen LogP contribution in [0.2, 0.25) is 0 Å². The Morgan fingerprint density at radius 1 is 1.46 bits per heavy atom. The zero-order chi connectivity index (χ0) is 9.26. The average Bonchev–Trinajstić information content (AvgIpc) is 2.91. The van der Waals surface area contributed by atoms with Crippen LogP contribution < -0.4 is 11.5 Å². The average molecular weight is 176 g/mol. The first-order chi connectivity index (χ1) is 6.31. The van der Waals surface area contributed by atoms with E-state index in [2.05, 4.69) is 0 Å². The van der Waals surface area contributed by atoms with Crippen LogP contribution in [0.1, 0.15) is 17.2 Å². The molecule has 1 aromatic carbocycles. The van der Waals surface area contributed by atoms with E-state index in [0.717, 1.165) is 23.4 Å². The molecule has 0 radical (unpaired) electrons. The van der Waals surface area contributed by atoms with Gasteiger partial charge in [0.1, 0.15) is 6.10 Å². The van der Waals surface area contributed by atoms with Crippen LogP contribution in [0.15, 0.2) is 24.4 Å². The molecule has 1 aromatic rings. The van der Waals surface area contributed by atoms with Gasteiger partial charge in [0.15, 0.2) is 0 Å². The molecular weight excluding hydrogens is 164 g/mol. The normalized spacial score (nSPS) is 20.8. The van der Waals surface area contributed by atoms with Gasteiger partial charge in [0, 0.05) is 5.69 Å². The summed E-state index contributed by atoms with van der Waals surface area (Å²) >= 11 is 0.